The minimum atomic E-state index is -0.465. The smallest absolute Gasteiger partial charge is 0.276 e. The second-order valence-corrected chi connectivity index (χ2v) is 4.70. The minimum Gasteiger partial charge on any atom is -0.318 e. The Hall–Kier alpha value is -2.21. The van der Waals surface area contributed by atoms with Crippen molar-refractivity contribution in [1.29, 1.82) is 0 Å². The Bertz CT molecular complexity index is 594. The number of halogens is 1. The van der Waals surface area contributed by atoms with Crippen LogP contribution in [0.2, 0.25) is 0 Å². The van der Waals surface area contributed by atoms with E-state index in [4.69, 9.17) is 0 Å². The van der Waals surface area contributed by atoms with Crippen molar-refractivity contribution >= 4 is 11.6 Å². The number of anilines is 1. The molecule has 6 heteroatoms. The van der Waals surface area contributed by atoms with Crippen molar-refractivity contribution in [3.63, 3.8) is 0 Å². The van der Waals surface area contributed by atoms with E-state index < -0.39 is 11.7 Å². The first-order valence-electron chi connectivity index (χ1n) is 6.30. The van der Waals surface area contributed by atoms with Crippen LogP contribution in [-0.4, -0.2) is 41.2 Å². The van der Waals surface area contributed by atoms with Gasteiger partial charge in [-0.15, -0.1) is 0 Å². The van der Waals surface area contributed by atoms with E-state index in [1.807, 2.05) is 19.0 Å². The number of benzene rings is 1. The van der Waals surface area contributed by atoms with Crippen molar-refractivity contribution in [2.24, 2.45) is 0 Å². The summed E-state index contributed by atoms with van der Waals surface area (Å²) in [5, 5.41) is 6.67. The van der Waals surface area contributed by atoms with Gasteiger partial charge in [-0.2, -0.15) is 5.10 Å². The summed E-state index contributed by atoms with van der Waals surface area (Å²) in [5.41, 5.74) is 0.423. The van der Waals surface area contributed by atoms with Crippen LogP contribution in [0, 0.1) is 5.82 Å². The zero-order valence-corrected chi connectivity index (χ0v) is 11.5. The standard InChI is InChI=1S/C14H17FN4O/c1-18(2)9-10-19-8-7-13(17-19)14(20)16-12-6-4-3-5-11(12)15/h3-8H,9-10H2,1-2H3,(H,16,20). The van der Waals surface area contributed by atoms with Crippen LogP contribution in [0.3, 0.4) is 0 Å². The van der Waals surface area contributed by atoms with Crippen LogP contribution in [0.1, 0.15) is 10.5 Å². The van der Waals surface area contributed by atoms with Gasteiger partial charge in [0, 0.05) is 12.7 Å². The molecular weight excluding hydrogens is 259 g/mol. The molecule has 0 saturated carbocycles. The van der Waals surface area contributed by atoms with Gasteiger partial charge in [0.05, 0.1) is 12.2 Å². The van der Waals surface area contributed by atoms with Crippen molar-refractivity contribution in [3.05, 3.63) is 48.0 Å². The van der Waals surface area contributed by atoms with Crippen LogP contribution in [0.25, 0.3) is 0 Å². The number of nitrogens with one attached hydrogen (secondary N) is 1. The summed E-state index contributed by atoms with van der Waals surface area (Å²) in [6.45, 7) is 1.52. The maximum atomic E-state index is 13.4. The van der Waals surface area contributed by atoms with Crippen molar-refractivity contribution in [2.75, 3.05) is 26.0 Å². The lowest BCUT2D eigenvalue weighted by Crippen LogP contribution is -2.19. The monoisotopic (exact) mass is 276 g/mol. The minimum absolute atomic E-state index is 0.153. The highest BCUT2D eigenvalue weighted by Crippen LogP contribution is 2.13. The zero-order valence-electron chi connectivity index (χ0n) is 11.5. The van der Waals surface area contributed by atoms with E-state index in [0.717, 1.165) is 6.54 Å². The summed E-state index contributed by atoms with van der Waals surface area (Å²) >= 11 is 0. The molecule has 1 heterocycles. The van der Waals surface area contributed by atoms with Crippen molar-refractivity contribution in [1.82, 2.24) is 14.7 Å². The normalized spacial score (nSPS) is 10.8. The Morgan fingerprint density at radius 3 is 2.80 bits per heavy atom. The average Bonchev–Trinajstić information content (AvgIpc) is 2.88. The molecule has 0 bridgehead atoms. The SMILES string of the molecule is CN(C)CCn1ccc(C(=O)Nc2ccccc2F)n1. The molecule has 0 spiro atoms. The summed E-state index contributed by atoms with van der Waals surface area (Å²) in [4.78, 5) is 14.0. The lowest BCUT2D eigenvalue weighted by molar-refractivity contribution is 0.102. The molecule has 0 aliphatic heterocycles. The van der Waals surface area contributed by atoms with E-state index in [1.165, 1.54) is 12.1 Å². The van der Waals surface area contributed by atoms with Gasteiger partial charge >= 0.3 is 0 Å². The molecule has 1 aromatic carbocycles. The number of para-hydroxylation sites is 1. The second-order valence-electron chi connectivity index (χ2n) is 4.70. The second kappa shape index (κ2) is 6.29. The van der Waals surface area contributed by atoms with Gasteiger partial charge in [-0.25, -0.2) is 4.39 Å². The fourth-order valence-electron chi connectivity index (χ4n) is 1.66. The highest BCUT2D eigenvalue weighted by atomic mass is 19.1. The van der Waals surface area contributed by atoms with Crippen LogP contribution in [-0.2, 0) is 6.54 Å². The van der Waals surface area contributed by atoms with Crippen LogP contribution in [0.5, 0.6) is 0 Å². The topological polar surface area (TPSA) is 50.2 Å². The Labute approximate surface area is 117 Å². The molecule has 5 nitrogen and oxygen atoms in total. The zero-order chi connectivity index (χ0) is 14.5. The van der Waals surface area contributed by atoms with E-state index in [2.05, 4.69) is 10.4 Å². The molecule has 0 fully saturated rings. The fraction of sp³-hybridized carbons (Fsp3) is 0.286. The van der Waals surface area contributed by atoms with E-state index in [1.54, 1.807) is 29.1 Å². The summed E-state index contributed by atoms with van der Waals surface area (Å²) in [5.74, 6) is -0.883. The number of hydrogen-bond donors (Lipinski definition) is 1. The van der Waals surface area contributed by atoms with E-state index in [0.29, 0.717) is 6.54 Å². The molecule has 0 atom stereocenters. The van der Waals surface area contributed by atoms with Gasteiger partial charge in [0.2, 0.25) is 0 Å². The lowest BCUT2D eigenvalue weighted by atomic mass is 10.3. The van der Waals surface area contributed by atoms with Gasteiger partial charge < -0.3 is 10.2 Å². The largest absolute Gasteiger partial charge is 0.318 e. The molecule has 1 N–H and O–H groups in total. The predicted molar refractivity (Wildman–Crippen MR) is 75.1 cm³/mol. The number of carbonyl (C=O) groups is 1. The summed E-state index contributed by atoms with van der Waals surface area (Å²) in [7, 11) is 3.94. The average molecular weight is 276 g/mol. The Kier molecular flexibility index (Phi) is 4.47. The van der Waals surface area contributed by atoms with Gasteiger partial charge in [-0.05, 0) is 32.3 Å². The molecular formula is C14H17FN4O. The molecule has 0 aliphatic carbocycles. The van der Waals surface area contributed by atoms with E-state index in [-0.39, 0.29) is 11.4 Å². The third-order valence-electron chi connectivity index (χ3n) is 2.77. The van der Waals surface area contributed by atoms with Crippen molar-refractivity contribution < 1.29 is 9.18 Å². The maximum absolute atomic E-state index is 13.4. The third-order valence-corrected chi connectivity index (χ3v) is 2.77. The van der Waals surface area contributed by atoms with Crippen molar-refractivity contribution in [2.45, 2.75) is 6.54 Å². The maximum Gasteiger partial charge on any atom is 0.276 e. The highest BCUT2D eigenvalue weighted by molar-refractivity contribution is 6.02. The van der Waals surface area contributed by atoms with E-state index >= 15 is 0 Å². The quantitative estimate of drug-likeness (QED) is 0.906. The molecule has 0 radical (unpaired) electrons. The lowest BCUT2D eigenvalue weighted by Gasteiger charge is -2.08. The number of rotatable bonds is 5. The molecule has 106 valence electrons. The molecule has 0 aliphatic rings. The molecule has 1 amide bonds. The van der Waals surface area contributed by atoms with Gasteiger partial charge in [-0.3, -0.25) is 9.48 Å². The summed E-state index contributed by atoms with van der Waals surface area (Å²) < 4.78 is 15.1. The fourth-order valence-corrected chi connectivity index (χ4v) is 1.66. The van der Waals surface area contributed by atoms with Gasteiger partial charge in [-0.1, -0.05) is 12.1 Å². The van der Waals surface area contributed by atoms with Crippen molar-refractivity contribution in [3.8, 4) is 0 Å². The first-order chi connectivity index (χ1) is 9.56. The number of aromatic nitrogens is 2. The highest BCUT2D eigenvalue weighted by Gasteiger charge is 2.11. The van der Waals surface area contributed by atoms with Crippen LogP contribution in [0.15, 0.2) is 36.5 Å². The first-order valence-corrected chi connectivity index (χ1v) is 6.30. The van der Waals surface area contributed by atoms with Crippen LogP contribution in [0.4, 0.5) is 10.1 Å². The predicted octanol–water partition coefficient (Wildman–Crippen LogP) is 1.84. The Morgan fingerprint density at radius 2 is 2.10 bits per heavy atom. The number of carbonyl (C=O) groups excluding carboxylic acids is 1. The van der Waals surface area contributed by atoms with Gasteiger partial charge in [0.15, 0.2) is 5.69 Å². The molecule has 2 aromatic rings. The Morgan fingerprint density at radius 1 is 1.35 bits per heavy atom. The molecule has 0 saturated heterocycles. The molecule has 20 heavy (non-hydrogen) atoms. The van der Waals surface area contributed by atoms with Crippen LogP contribution < -0.4 is 5.32 Å². The summed E-state index contributed by atoms with van der Waals surface area (Å²) in [6, 6.07) is 7.66. The number of likely N-dealkylation sites (N-methyl/N-ethyl adjacent to an activating group) is 1. The van der Waals surface area contributed by atoms with Gasteiger partial charge in [0.25, 0.3) is 5.91 Å². The Balaban J connectivity index is 2.01. The molecule has 2 rings (SSSR count). The molecule has 1 aromatic heterocycles. The third kappa shape index (κ3) is 3.64. The number of nitrogens with zero attached hydrogens (tertiary/aromatic N) is 3. The number of amides is 1. The van der Waals surface area contributed by atoms with Gasteiger partial charge in [0.1, 0.15) is 5.82 Å². The summed E-state index contributed by atoms with van der Waals surface area (Å²) in [6.07, 6.45) is 1.74. The van der Waals surface area contributed by atoms with Crippen LogP contribution >= 0.6 is 0 Å². The molecule has 0 unspecified atom stereocenters. The van der Waals surface area contributed by atoms with E-state index in [9.17, 15) is 9.18 Å². The first kappa shape index (κ1) is 14.2. The number of hydrogen-bond acceptors (Lipinski definition) is 3.